The van der Waals surface area contributed by atoms with Crippen molar-refractivity contribution in [1.82, 2.24) is 5.43 Å². The number of hydrazine groups is 1. The molecule has 0 aliphatic carbocycles. The van der Waals surface area contributed by atoms with E-state index < -0.39 is 0 Å². The minimum absolute atomic E-state index is 0.110. The summed E-state index contributed by atoms with van der Waals surface area (Å²) in [6.45, 7) is 3.96. The number of hydrogen-bond donors (Lipinski definition) is 3. The Labute approximate surface area is 103 Å². The molecular formula is C9H13N3O2S2. The first-order chi connectivity index (χ1) is 7.56. The Morgan fingerprint density at radius 3 is 2.94 bits per heavy atom. The molecular weight excluding hydrogens is 246 g/mol. The van der Waals surface area contributed by atoms with Crippen LogP contribution in [0.15, 0.2) is 5.38 Å². The van der Waals surface area contributed by atoms with E-state index >= 15 is 0 Å². The fraction of sp³-hybridized carbons (Fsp3) is 0.333. The van der Waals surface area contributed by atoms with Gasteiger partial charge in [-0.05, 0) is 26.1 Å². The minimum atomic E-state index is -0.353. The summed E-state index contributed by atoms with van der Waals surface area (Å²) in [5.41, 5.74) is 11.7. The molecule has 0 saturated carbocycles. The van der Waals surface area contributed by atoms with Gasteiger partial charge in [0.15, 0.2) is 5.11 Å². The molecule has 7 heteroatoms. The second-order valence-corrected chi connectivity index (χ2v) is 4.44. The normalized spacial score (nSPS) is 9.62. The van der Waals surface area contributed by atoms with E-state index in [4.69, 9.17) is 10.5 Å². The average Bonchev–Trinajstić information content (AvgIpc) is 2.57. The lowest BCUT2D eigenvalue weighted by atomic mass is 10.2. The standard InChI is InChI=1S/C9H13N3O2S2/c1-3-14-8(13)7-5(2)16-4-6(7)11-12-9(10)15/h4,11H,3H2,1-2H3,(H3,10,12,15). The van der Waals surface area contributed by atoms with Crippen molar-refractivity contribution < 1.29 is 9.53 Å². The van der Waals surface area contributed by atoms with Gasteiger partial charge in [-0.3, -0.25) is 10.9 Å². The number of thiophene rings is 1. The summed E-state index contributed by atoms with van der Waals surface area (Å²) in [6.07, 6.45) is 0. The van der Waals surface area contributed by atoms with Crippen LogP contribution in [0.1, 0.15) is 22.2 Å². The SMILES string of the molecule is CCOC(=O)c1c(NNC(N)=S)csc1C. The van der Waals surface area contributed by atoms with E-state index in [1.54, 1.807) is 12.3 Å². The highest BCUT2D eigenvalue weighted by Gasteiger charge is 2.17. The highest BCUT2D eigenvalue weighted by Crippen LogP contribution is 2.26. The monoisotopic (exact) mass is 259 g/mol. The van der Waals surface area contributed by atoms with Gasteiger partial charge in [0.2, 0.25) is 0 Å². The molecule has 0 aromatic carbocycles. The van der Waals surface area contributed by atoms with Crippen LogP contribution in [0.5, 0.6) is 0 Å². The molecule has 1 heterocycles. The summed E-state index contributed by atoms with van der Waals surface area (Å²) in [7, 11) is 0. The molecule has 5 nitrogen and oxygen atoms in total. The molecule has 0 saturated heterocycles. The summed E-state index contributed by atoms with van der Waals surface area (Å²) >= 11 is 6.10. The van der Waals surface area contributed by atoms with Crippen molar-refractivity contribution in [2.75, 3.05) is 12.0 Å². The van der Waals surface area contributed by atoms with Crippen LogP contribution in [-0.4, -0.2) is 17.7 Å². The highest BCUT2D eigenvalue weighted by atomic mass is 32.1. The Bertz CT molecular complexity index is 403. The van der Waals surface area contributed by atoms with Crippen molar-refractivity contribution in [1.29, 1.82) is 0 Å². The Kier molecular flexibility index (Phi) is 4.51. The molecule has 0 bridgehead atoms. The molecule has 1 rings (SSSR count). The maximum atomic E-state index is 11.6. The molecule has 0 spiro atoms. The van der Waals surface area contributed by atoms with Gasteiger partial charge in [-0.1, -0.05) is 0 Å². The number of carbonyl (C=O) groups excluding carboxylic acids is 1. The number of nitrogens with one attached hydrogen (secondary N) is 2. The number of esters is 1. The van der Waals surface area contributed by atoms with Crippen LogP contribution in [0.4, 0.5) is 5.69 Å². The van der Waals surface area contributed by atoms with Crippen LogP contribution in [0, 0.1) is 6.92 Å². The molecule has 1 aromatic rings. The number of carbonyl (C=O) groups is 1. The number of nitrogens with two attached hydrogens (primary N) is 1. The van der Waals surface area contributed by atoms with Crippen LogP contribution in [-0.2, 0) is 4.74 Å². The number of anilines is 1. The number of hydrogen-bond acceptors (Lipinski definition) is 5. The van der Waals surface area contributed by atoms with Gasteiger partial charge in [-0.15, -0.1) is 11.3 Å². The van der Waals surface area contributed by atoms with E-state index in [2.05, 4.69) is 23.1 Å². The van der Waals surface area contributed by atoms with E-state index in [9.17, 15) is 4.79 Å². The summed E-state index contributed by atoms with van der Waals surface area (Å²) in [4.78, 5) is 12.5. The molecule has 0 unspecified atom stereocenters. The van der Waals surface area contributed by atoms with Crippen molar-refractivity contribution in [2.24, 2.45) is 5.73 Å². The van der Waals surface area contributed by atoms with Crippen molar-refractivity contribution in [3.05, 3.63) is 15.8 Å². The van der Waals surface area contributed by atoms with Gasteiger partial charge in [-0.25, -0.2) is 4.79 Å². The molecule has 0 aliphatic rings. The summed E-state index contributed by atoms with van der Waals surface area (Å²) in [6, 6.07) is 0. The zero-order valence-corrected chi connectivity index (χ0v) is 10.6. The van der Waals surface area contributed by atoms with Crippen LogP contribution in [0.25, 0.3) is 0 Å². The topological polar surface area (TPSA) is 76.4 Å². The third kappa shape index (κ3) is 3.07. The second-order valence-electron chi connectivity index (χ2n) is 2.92. The molecule has 16 heavy (non-hydrogen) atoms. The van der Waals surface area contributed by atoms with Gasteiger partial charge in [0, 0.05) is 10.3 Å². The van der Waals surface area contributed by atoms with E-state index in [0.29, 0.717) is 17.9 Å². The molecule has 1 aromatic heterocycles. The van der Waals surface area contributed by atoms with Gasteiger partial charge in [-0.2, -0.15) is 0 Å². The molecule has 0 fully saturated rings. The minimum Gasteiger partial charge on any atom is -0.462 e. The van der Waals surface area contributed by atoms with Crippen molar-refractivity contribution >= 4 is 40.3 Å². The second kappa shape index (κ2) is 5.66. The van der Waals surface area contributed by atoms with Crippen molar-refractivity contribution in [3.8, 4) is 0 Å². The van der Waals surface area contributed by atoms with E-state index in [1.807, 2.05) is 6.92 Å². The third-order valence-electron chi connectivity index (χ3n) is 1.77. The predicted molar refractivity (Wildman–Crippen MR) is 68.6 cm³/mol. The summed E-state index contributed by atoms with van der Waals surface area (Å²) in [5.74, 6) is -0.353. The lowest BCUT2D eigenvalue weighted by molar-refractivity contribution is 0.0527. The Hall–Kier alpha value is -1.34. The summed E-state index contributed by atoms with van der Waals surface area (Å²) in [5, 5.41) is 1.91. The van der Waals surface area contributed by atoms with E-state index in [0.717, 1.165) is 4.88 Å². The first-order valence-corrected chi connectivity index (χ1v) is 5.91. The highest BCUT2D eigenvalue weighted by molar-refractivity contribution is 7.80. The summed E-state index contributed by atoms with van der Waals surface area (Å²) < 4.78 is 4.95. The number of aryl methyl sites for hydroxylation is 1. The largest absolute Gasteiger partial charge is 0.462 e. The Morgan fingerprint density at radius 1 is 1.69 bits per heavy atom. The van der Waals surface area contributed by atoms with Gasteiger partial charge >= 0.3 is 5.97 Å². The molecule has 0 atom stereocenters. The quantitative estimate of drug-likeness (QED) is 0.431. The van der Waals surface area contributed by atoms with E-state index in [1.165, 1.54) is 11.3 Å². The Balaban J connectivity index is 2.85. The molecule has 88 valence electrons. The lowest BCUT2D eigenvalue weighted by Gasteiger charge is -2.08. The molecule has 0 amide bonds. The molecule has 0 radical (unpaired) electrons. The van der Waals surface area contributed by atoms with Crippen LogP contribution >= 0.6 is 23.6 Å². The van der Waals surface area contributed by atoms with Gasteiger partial charge in [0.05, 0.1) is 17.9 Å². The fourth-order valence-corrected chi connectivity index (χ4v) is 1.97. The Morgan fingerprint density at radius 2 is 2.38 bits per heavy atom. The van der Waals surface area contributed by atoms with Gasteiger partial charge < -0.3 is 10.5 Å². The lowest BCUT2D eigenvalue weighted by Crippen LogP contribution is -2.34. The fourth-order valence-electron chi connectivity index (χ4n) is 1.13. The number of thiocarbonyl (C=S) groups is 1. The third-order valence-corrected chi connectivity index (χ3v) is 2.79. The zero-order chi connectivity index (χ0) is 12.1. The van der Waals surface area contributed by atoms with Gasteiger partial charge in [0.25, 0.3) is 0 Å². The van der Waals surface area contributed by atoms with Crippen molar-refractivity contribution in [2.45, 2.75) is 13.8 Å². The predicted octanol–water partition coefficient (Wildman–Crippen LogP) is 1.39. The zero-order valence-electron chi connectivity index (χ0n) is 8.99. The maximum Gasteiger partial charge on any atom is 0.341 e. The van der Waals surface area contributed by atoms with Crippen LogP contribution < -0.4 is 16.6 Å². The number of rotatable bonds is 4. The molecule has 0 aliphatic heterocycles. The molecule has 4 N–H and O–H groups in total. The van der Waals surface area contributed by atoms with Crippen LogP contribution in [0.2, 0.25) is 0 Å². The number of ether oxygens (including phenoxy) is 1. The van der Waals surface area contributed by atoms with Crippen LogP contribution in [0.3, 0.4) is 0 Å². The first-order valence-electron chi connectivity index (χ1n) is 4.63. The smallest absolute Gasteiger partial charge is 0.341 e. The average molecular weight is 259 g/mol. The van der Waals surface area contributed by atoms with Crippen molar-refractivity contribution in [3.63, 3.8) is 0 Å². The van der Waals surface area contributed by atoms with Gasteiger partial charge in [0.1, 0.15) is 0 Å². The first kappa shape index (κ1) is 12.7. The maximum absolute atomic E-state index is 11.6. The van der Waals surface area contributed by atoms with E-state index in [-0.39, 0.29) is 11.1 Å².